The van der Waals surface area contributed by atoms with E-state index in [1.807, 2.05) is 55.5 Å². The fourth-order valence-corrected chi connectivity index (χ4v) is 6.13. The first kappa shape index (κ1) is 24.7. The van der Waals surface area contributed by atoms with Crippen molar-refractivity contribution in [2.24, 2.45) is 5.41 Å². The van der Waals surface area contributed by atoms with Crippen LogP contribution in [-0.2, 0) is 10.5 Å². The molecule has 2 N–H and O–H groups in total. The normalized spacial score (nSPS) is 18.3. The zero-order valence-electron chi connectivity index (χ0n) is 20.5. The number of nitrogens with one attached hydrogen (secondary N) is 2. The summed E-state index contributed by atoms with van der Waals surface area (Å²) in [5, 5.41) is 4.55. The first-order chi connectivity index (χ1) is 17.3. The molecule has 2 heterocycles. The maximum atomic E-state index is 13.5. The number of aromatic amines is 1. The van der Waals surface area contributed by atoms with Gasteiger partial charge in [-0.2, -0.15) is 0 Å². The number of carbonyl (C=O) groups is 1. The number of anilines is 1. The summed E-state index contributed by atoms with van der Waals surface area (Å²) >= 11 is 7.72. The Labute approximate surface area is 219 Å². The summed E-state index contributed by atoms with van der Waals surface area (Å²) in [5.74, 6) is 1.40. The standard InChI is InChI=1S/C28H28ClN3O3S/c1-4-35-18-11-9-16(10-12-18)22-23-20(13-28(2,3)14-21(23)33)30-25-24(22)26(34)32-27(31-25)36-15-17-7-5-6-8-19(17)29/h5-12,22H,4,13-15H2,1-3H3,(H2,30,31,32,34)/t22-/m0/s1. The van der Waals surface area contributed by atoms with E-state index in [1.54, 1.807) is 0 Å². The highest BCUT2D eigenvalue weighted by Crippen LogP contribution is 2.47. The third-order valence-electron chi connectivity index (χ3n) is 6.55. The number of allylic oxidation sites excluding steroid dienone is 2. The SMILES string of the molecule is CCOc1ccc([C@H]2C3=C(CC(C)(C)CC3=O)Nc3nc(SCc4ccccc4Cl)[nH]c(=O)c32)cc1. The number of ketones is 1. The highest BCUT2D eigenvalue weighted by molar-refractivity contribution is 7.98. The molecule has 1 aliphatic heterocycles. The van der Waals surface area contributed by atoms with E-state index in [4.69, 9.17) is 21.3 Å². The monoisotopic (exact) mass is 521 g/mol. The van der Waals surface area contributed by atoms with Crippen LogP contribution in [0.25, 0.3) is 0 Å². The number of hydrogen-bond acceptors (Lipinski definition) is 6. The predicted octanol–water partition coefficient (Wildman–Crippen LogP) is 6.31. The number of rotatable bonds is 6. The van der Waals surface area contributed by atoms with Gasteiger partial charge in [-0.05, 0) is 48.1 Å². The minimum Gasteiger partial charge on any atom is -0.494 e. The van der Waals surface area contributed by atoms with Crippen LogP contribution in [0.3, 0.4) is 0 Å². The maximum Gasteiger partial charge on any atom is 0.257 e. The predicted molar refractivity (Wildman–Crippen MR) is 144 cm³/mol. The van der Waals surface area contributed by atoms with Crippen molar-refractivity contribution in [1.82, 2.24) is 9.97 Å². The van der Waals surface area contributed by atoms with E-state index in [0.717, 1.165) is 22.6 Å². The Balaban J connectivity index is 1.57. The highest BCUT2D eigenvalue weighted by atomic mass is 35.5. The molecule has 0 unspecified atom stereocenters. The van der Waals surface area contributed by atoms with Gasteiger partial charge in [-0.25, -0.2) is 4.98 Å². The van der Waals surface area contributed by atoms with Crippen LogP contribution in [0.2, 0.25) is 5.02 Å². The van der Waals surface area contributed by atoms with Gasteiger partial charge in [-0.15, -0.1) is 0 Å². The van der Waals surface area contributed by atoms with Crippen molar-refractivity contribution in [1.29, 1.82) is 0 Å². The van der Waals surface area contributed by atoms with Gasteiger partial charge in [0.05, 0.1) is 12.2 Å². The molecule has 0 bridgehead atoms. The molecule has 5 rings (SSSR count). The maximum absolute atomic E-state index is 13.5. The fourth-order valence-electron chi connectivity index (χ4n) is 4.98. The lowest BCUT2D eigenvalue weighted by Gasteiger charge is -2.38. The van der Waals surface area contributed by atoms with Crippen molar-refractivity contribution in [3.63, 3.8) is 0 Å². The van der Waals surface area contributed by atoms with Crippen LogP contribution in [0, 0.1) is 5.41 Å². The molecule has 0 amide bonds. The van der Waals surface area contributed by atoms with Crippen LogP contribution in [-0.4, -0.2) is 22.4 Å². The second-order valence-corrected chi connectivity index (χ2v) is 11.3. The van der Waals surface area contributed by atoms with Gasteiger partial charge in [0.25, 0.3) is 5.56 Å². The molecule has 0 spiro atoms. The molecule has 0 radical (unpaired) electrons. The van der Waals surface area contributed by atoms with Crippen molar-refractivity contribution < 1.29 is 9.53 Å². The van der Waals surface area contributed by atoms with Gasteiger partial charge in [0.2, 0.25) is 0 Å². The highest BCUT2D eigenvalue weighted by Gasteiger charge is 2.42. The molecule has 1 atom stereocenters. The topological polar surface area (TPSA) is 84.1 Å². The van der Waals surface area contributed by atoms with Crippen molar-refractivity contribution in [3.05, 3.63) is 91.9 Å². The minimum absolute atomic E-state index is 0.0647. The second-order valence-electron chi connectivity index (χ2n) is 9.91. The summed E-state index contributed by atoms with van der Waals surface area (Å²) in [5.41, 5.74) is 3.38. The van der Waals surface area contributed by atoms with E-state index in [0.29, 0.717) is 52.3 Å². The van der Waals surface area contributed by atoms with Crippen LogP contribution in [0.15, 0.2) is 69.8 Å². The van der Waals surface area contributed by atoms with Crippen LogP contribution >= 0.6 is 23.4 Å². The smallest absolute Gasteiger partial charge is 0.257 e. The summed E-state index contributed by atoms with van der Waals surface area (Å²) in [7, 11) is 0. The minimum atomic E-state index is -0.491. The molecule has 186 valence electrons. The molecule has 1 aliphatic carbocycles. The van der Waals surface area contributed by atoms with Crippen LogP contribution < -0.4 is 15.6 Å². The Kier molecular flexibility index (Phi) is 6.70. The summed E-state index contributed by atoms with van der Waals surface area (Å²) in [6.45, 7) is 6.68. The lowest BCUT2D eigenvalue weighted by Crippen LogP contribution is -2.37. The zero-order chi connectivity index (χ0) is 25.4. The summed E-state index contributed by atoms with van der Waals surface area (Å²) in [6.07, 6.45) is 1.14. The molecule has 3 aromatic rings. The van der Waals surface area contributed by atoms with Gasteiger partial charge in [0.15, 0.2) is 10.9 Å². The lowest BCUT2D eigenvalue weighted by atomic mass is 9.69. The number of nitrogens with zero attached hydrogens (tertiary/aromatic N) is 1. The van der Waals surface area contributed by atoms with Crippen LogP contribution in [0.1, 0.15) is 56.2 Å². The second kappa shape index (κ2) is 9.79. The van der Waals surface area contributed by atoms with E-state index < -0.39 is 5.92 Å². The lowest BCUT2D eigenvalue weighted by molar-refractivity contribution is -0.118. The zero-order valence-corrected chi connectivity index (χ0v) is 22.1. The Bertz CT molecular complexity index is 1410. The van der Waals surface area contributed by atoms with E-state index in [1.165, 1.54) is 11.8 Å². The summed E-state index contributed by atoms with van der Waals surface area (Å²) < 4.78 is 5.60. The number of aromatic nitrogens is 2. The average Bonchev–Trinajstić information content (AvgIpc) is 2.82. The van der Waals surface area contributed by atoms with E-state index in [9.17, 15) is 9.59 Å². The van der Waals surface area contributed by atoms with Crippen LogP contribution in [0.4, 0.5) is 5.82 Å². The molecule has 0 saturated heterocycles. The van der Waals surface area contributed by atoms with Crippen molar-refractivity contribution in [3.8, 4) is 5.75 Å². The number of halogens is 1. The molecule has 0 fully saturated rings. The number of thioether (sulfide) groups is 1. The molecule has 1 aromatic heterocycles. The van der Waals surface area contributed by atoms with Crippen molar-refractivity contribution >= 4 is 35.0 Å². The Morgan fingerprint density at radius 1 is 1.11 bits per heavy atom. The molecular formula is C28H28ClN3O3S. The quantitative estimate of drug-likeness (QED) is 0.292. The van der Waals surface area contributed by atoms with E-state index in [2.05, 4.69) is 24.1 Å². The largest absolute Gasteiger partial charge is 0.494 e. The molecule has 2 aromatic carbocycles. The number of Topliss-reactive ketones (excluding diaryl/α,β-unsaturated/α-hetero) is 1. The van der Waals surface area contributed by atoms with Gasteiger partial charge in [-0.3, -0.25) is 9.59 Å². The number of benzene rings is 2. The van der Waals surface area contributed by atoms with Gasteiger partial charge in [0, 0.05) is 34.4 Å². The van der Waals surface area contributed by atoms with E-state index >= 15 is 0 Å². The molecule has 2 aliphatic rings. The number of fused-ring (bicyclic) bond motifs is 1. The van der Waals surface area contributed by atoms with Gasteiger partial charge in [-0.1, -0.05) is 67.5 Å². The molecule has 0 saturated carbocycles. The van der Waals surface area contributed by atoms with E-state index in [-0.39, 0.29) is 16.8 Å². The number of hydrogen-bond donors (Lipinski definition) is 2. The summed E-state index contributed by atoms with van der Waals surface area (Å²) in [6, 6.07) is 15.3. The first-order valence-electron chi connectivity index (χ1n) is 12.0. The van der Waals surface area contributed by atoms with Crippen molar-refractivity contribution in [2.45, 2.75) is 50.4 Å². The van der Waals surface area contributed by atoms with Crippen molar-refractivity contribution in [2.75, 3.05) is 11.9 Å². The Morgan fingerprint density at radius 3 is 2.58 bits per heavy atom. The van der Waals surface area contributed by atoms with Crippen LogP contribution in [0.5, 0.6) is 5.75 Å². The number of ether oxygens (including phenoxy) is 1. The van der Waals surface area contributed by atoms with Gasteiger partial charge in [0.1, 0.15) is 11.6 Å². The Morgan fingerprint density at radius 2 is 1.86 bits per heavy atom. The van der Waals surface area contributed by atoms with Gasteiger partial charge >= 0.3 is 0 Å². The fraction of sp³-hybridized carbons (Fsp3) is 0.321. The first-order valence-corrected chi connectivity index (χ1v) is 13.4. The third-order valence-corrected chi connectivity index (χ3v) is 7.84. The number of carbonyl (C=O) groups excluding carboxylic acids is 1. The molecule has 8 heteroatoms. The Hall–Kier alpha value is -3.03. The molecule has 6 nitrogen and oxygen atoms in total. The number of H-pyrrole nitrogens is 1. The summed E-state index contributed by atoms with van der Waals surface area (Å²) in [4.78, 5) is 34.6. The molecule has 36 heavy (non-hydrogen) atoms. The average molecular weight is 522 g/mol. The van der Waals surface area contributed by atoms with Gasteiger partial charge < -0.3 is 15.0 Å². The third kappa shape index (κ3) is 4.82. The molecular weight excluding hydrogens is 494 g/mol.